The minimum atomic E-state index is -0.454. The van der Waals surface area contributed by atoms with Gasteiger partial charge in [-0.25, -0.2) is 9.59 Å². The SMILES string of the molecule is CCCc1c(/C=C/C(=O)OC)oc2ccc3ccc(=O)oc3c12. The van der Waals surface area contributed by atoms with Crippen molar-refractivity contribution in [3.05, 3.63) is 52.1 Å². The molecule has 0 atom stereocenters. The fourth-order valence-electron chi connectivity index (χ4n) is 2.63. The predicted molar refractivity (Wildman–Crippen MR) is 87.3 cm³/mol. The van der Waals surface area contributed by atoms with E-state index in [0.717, 1.165) is 29.2 Å². The van der Waals surface area contributed by atoms with Crippen LogP contribution in [0.2, 0.25) is 0 Å². The molecule has 0 saturated heterocycles. The van der Waals surface area contributed by atoms with E-state index in [9.17, 15) is 9.59 Å². The summed E-state index contributed by atoms with van der Waals surface area (Å²) < 4.78 is 15.8. The van der Waals surface area contributed by atoms with Crippen LogP contribution in [0.15, 0.2) is 44.0 Å². The molecule has 0 unspecified atom stereocenters. The number of methoxy groups -OCH3 is 1. The molecule has 3 rings (SSSR count). The fraction of sp³-hybridized carbons (Fsp3) is 0.222. The van der Waals surface area contributed by atoms with E-state index in [1.165, 1.54) is 19.3 Å². The third-order valence-corrected chi connectivity index (χ3v) is 3.64. The highest BCUT2D eigenvalue weighted by atomic mass is 16.5. The molecule has 0 amide bonds. The van der Waals surface area contributed by atoms with Crippen LogP contribution >= 0.6 is 0 Å². The summed E-state index contributed by atoms with van der Waals surface area (Å²) in [7, 11) is 1.32. The molecule has 0 aliphatic carbocycles. The van der Waals surface area contributed by atoms with Gasteiger partial charge in [0.2, 0.25) is 0 Å². The molecule has 3 aromatic rings. The number of carbonyl (C=O) groups is 1. The van der Waals surface area contributed by atoms with Gasteiger partial charge in [-0.1, -0.05) is 13.3 Å². The number of esters is 1. The van der Waals surface area contributed by atoms with E-state index in [0.29, 0.717) is 16.9 Å². The Morgan fingerprint density at radius 1 is 1.22 bits per heavy atom. The Labute approximate surface area is 132 Å². The van der Waals surface area contributed by atoms with Crippen LogP contribution in [0.1, 0.15) is 24.7 Å². The first-order chi connectivity index (χ1) is 11.1. The summed E-state index contributed by atoms with van der Waals surface area (Å²) in [5.74, 6) is 0.121. The minimum Gasteiger partial charge on any atom is -0.466 e. The standard InChI is InChI=1S/C18H16O5/c1-3-4-12-13(8-10-15(19)21-2)22-14-7-5-11-6-9-16(20)23-18(11)17(12)14/h5-10H,3-4H2,1-2H3/b10-8+. The molecule has 2 heterocycles. The normalized spacial score (nSPS) is 11.6. The Hall–Kier alpha value is -2.82. The zero-order valence-electron chi connectivity index (χ0n) is 12.9. The molecule has 118 valence electrons. The maximum atomic E-state index is 11.6. The molecule has 1 aromatic carbocycles. The quantitative estimate of drug-likeness (QED) is 0.417. The predicted octanol–water partition coefficient (Wildman–Crippen LogP) is 3.68. The lowest BCUT2D eigenvalue weighted by Crippen LogP contribution is -1.95. The maximum absolute atomic E-state index is 11.6. The van der Waals surface area contributed by atoms with Gasteiger partial charge in [0.05, 0.1) is 12.5 Å². The summed E-state index contributed by atoms with van der Waals surface area (Å²) >= 11 is 0. The van der Waals surface area contributed by atoms with Crippen LogP contribution in [0.5, 0.6) is 0 Å². The van der Waals surface area contributed by atoms with Crippen LogP contribution in [-0.4, -0.2) is 13.1 Å². The van der Waals surface area contributed by atoms with Crippen molar-refractivity contribution < 1.29 is 18.4 Å². The summed E-state index contributed by atoms with van der Waals surface area (Å²) in [6, 6.07) is 6.80. The largest absolute Gasteiger partial charge is 0.466 e. The molecule has 0 radical (unpaired) electrons. The van der Waals surface area contributed by atoms with E-state index >= 15 is 0 Å². The summed E-state index contributed by atoms with van der Waals surface area (Å²) in [6.45, 7) is 2.05. The van der Waals surface area contributed by atoms with Gasteiger partial charge < -0.3 is 13.6 Å². The van der Waals surface area contributed by atoms with E-state index in [-0.39, 0.29) is 0 Å². The molecule has 0 N–H and O–H groups in total. The Kier molecular flexibility index (Phi) is 4.02. The highest BCUT2D eigenvalue weighted by molar-refractivity contribution is 6.05. The average molecular weight is 312 g/mol. The van der Waals surface area contributed by atoms with Crippen molar-refractivity contribution in [1.29, 1.82) is 0 Å². The smallest absolute Gasteiger partial charge is 0.336 e. The molecule has 23 heavy (non-hydrogen) atoms. The molecule has 0 spiro atoms. The van der Waals surface area contributed by atoms with Gasteiger partial charge in [-0.2, -0.15) is 0 Å². The number of furan rings is 1. The molecular weight excluding hydrogens is 296 g/mol. The molecule has 5 heteroatoms. The van der Waals surface area contributed by atoms with Gasteiger partial charge in [0.1, 0.15) is 16.9 Å². The number of rotatable bonds is 4. The number of hydrogen-bond acceptors (Lipinski definition) is 5. The van der Waals surface area contributed by atoms with Crippen LogP contribution in [0.3, 0.4) is 0 Å². The lowest BCUT2D eigenvalue weighted by molar-refractivity contribution is -0.134. The van der Waals surface area contributed by atoms with Crippen LogP contribution in [0.4, 0.5) is 0 Å². The van der Waals surface area contributed by atoms with Crippen molar-refractivity contribution >= 4 is 34.0 Å². The number of aryl methyl sites for hydroxylation is 1. The lowest BCUT2D eigenvalue weighted by atomic mass is 10.0. The molecule has 0 saturated carbocycles. The second kappa shape index (κ2) is 6.12. The maximum Gasteiger partial charge on any atom is 0.336 e. The molecular formula is C18H16O5. The monoisotopic (exact) mass is 312 g/mol. The zero-order chi connectivity index (χ0) is 16.4. The van der Waals surface area contributed by atoms with Crippen molar-refractivity contribution in [2.75, 3.05) is 7.11 Å². The second-order valence-electron chi connectivity index (χ2n) is 5.16. The lowest BCUT2D eigenvalue weighted by Gasteiger charge is -2.00. The van der Waals surface area contributed by atoms with Crippen molar-refractivity contribution in [1.82, 2.24) is 0 Å². The molecule has 0 fully saturated rings. The Morgan fingerprint density at radius 3 is 2.74 bits per heavy atom. The Bertz CT molecular complexity index is 959. The van der Waals surface area contributed by atoms with Gasteiger partial charge in [-0.3, -0.25) is 0 Å². The first kappa shape index (κ1) is 15.1. The van der Waals surface area contributed by atoms with E-state index in [4.69, 9.17) is 8.83 Å². The Balaban J connectivity index is 2.30. The zero-order valence-corrected chi connectivity index (χ0v) is 12.9. The van der Waals surface area contributed by atoms with Crippen molar-refractivity contribution in [2.45, 2.75) is 19.8 Å². The summed E-state index contributed by atoms with van der Waals surface area (Å²) in [6.07, 6.45) is 4.53. The number of ether oxygens (including phenoxy) is 1. The van der Waals surface area contributed by atoms with Crippen LogP contribution in [-0.2, 0) is 16.0 Å². The number of hydrogen-bond donors (Lipinski definition) is 0. The number of benzene rings is 1. The molecule has 0 bridgehead atoms. The van der Waals surface area contributed by atoms with Crippen LogP contribution in [0.25, 0.3) is 28.0 Å². The minimum absolute atomic E-state index is 0.402. The first-order valence-electron chi connectivity index (χ1n) is 7.38. The van der Waals surface area contributed by atoms with Gasteiger partial charge in [0.15, 0.2) is 0 Å². The van der Waals surface area contributed by atoms with Gasteiger partial charge in [0, 0.05) is 23.1 Å². The Morgan fingerprint density at radius 2 is 2.00 bits per heavy atom. The van der Waals surface area contributed by atoms with Gasteiger partial charge in [0.25, 0.3) is 0 Å². The van der Waals surface area contributed by atoms with Crippen molar-refractivity contribution in [2.24, 2.45) is 0 Å². The van der Waals surface area contributed by atoms with Crippen LogP contribution < -0.4 is 5.63 Å². The third kappa shape index (κ3) is 2.77. The second-order valence-corrected chi connectivity index (χ2v) is 5.16. The molecule has 5 nitrogen and oxygen atoms in total. The summed E-state index contributed by atoms with van der Waals surface area (Å²) in [4.78, 5) is 22.9. The molecule has 2 aromatic heterocycles. The van der Waals surface area contributed by atoms with Gasteiger partial charge in [-0.05, 0) is 30.7 Å². The average Bonchev–Trinajstić information content (AvgIpc) is 2.91. The van der Waals surface area contributed by atoms with E-state index in [1.54, 1.807) is 12.1 Å². The van der Waals surface area contributed by atoms with Gasteiger partial charge in [-0.15, -0.1) is 0 Å². The van der Waals surface area contributed by atoms with Crippen molar-refractivity contribution in [3.8, 4) is 0 Å². The first-order valence-corrected chi connectivity index (χ1v) is 7.38. The highest BCUT2D eigenvalue weighted by Gasteiger charge is 2.16. The van der Waals surface area contributed by atoms with E-state index in [1.807, 2.05) is 19.1 Å². The summed E-state index contributed by atoms with van der Waals surface area (Å²) in [5, 5.41) is 1.62. The highest BCUT2D eigenvalue weighted by Crippen LogP contribution is 2.33. The van der Waals surface area contributed by atoms with E-state index < -0.39 is 11.6 Å². The van der Waals surface area contributed by atoms with Crippen molar-refractivity contribution in [3.63, 3.8) is 0 Å². The third-order valence-electron chi connectivity index (χ3n) is 3.64. The van der Waals surface area contributed by atoms with Gasteiger partial charge >= 0.3 is 11.6 Å². The van der Waals surface area contributed by atoms with E-state index in [2.05, 4.69) is 4.74 Å². The molecule has 0 aliphatic heterocycles. The molecule has 0 aliphatic rings. The summed E-state index contributed by atoms with van der Waals surface area (Å²) in [5.41, 5.74) is 1.66. The fourth-order valence-corrected chi connectivity index (χ4v) is 2.63. The van der Waals surface area contributed by atoms with Crippen LogP contribution in [0, 0.1) is 0 Å². The number of carbonyl (C=O) groups excluding carboxylic acids is 1. The topological polar surface area (TPSA) is 69.7 Å². The number of fused-ring (bicyclic) bond motifs is 3.